The average molecular weight is 329 g/mol. The lowest BCUT2D eigenvalue weighted by Gasteiger charge is -2.26. The smallest absolute Gasteiger partial charge is 0.278 e. The molecule has 0 aromatic carbocycles. The third-order valence-electron chi connectivity index (χ3n) is 4.48. The molecule has 2 aromatic rings. The number of rotatable bonds is 3. The van der Waals surface area contributed by atoms with Crippen LogP contribution in [0.1, 0.15) is 47.9 Å². The van der Waals surface area contributed by atoms with E-state index in [2.05, 4.69) is 20.1 Å². The Morgan fingerprint density at radius 2 is 2.00 bits per heavy atom. The van der Waals surface area contributed by atoms with Gasteiger partial charge in [0.25, 0.3) is 11.8 Å². The van der Waals surface area contributed by atoms with Crippen LogP contribution in [0.25, 0.3) is 11.6 Å². The molecule has 8 heteroatoms. The number of likely N-dealkylation sites (tertiary alicyclic amines) is 1. The molecule has 8 nitrogen and oxygen atoms in total. The second-order valence-electron chi connectivity index (χ2n) is 6.12. The molecule has 2 saturated heterocycles. The fourth-order valence-corrected chi connectivity index (χ4v) is 3.13. The molecule has 0 saturated carbocycles. The van der Waals surface area contributed by atoms with Crippen LogP contribution in [0.5, 0.6) is 0 Å². The minimum atomic E-state index is -0.123. The highest BCUT2D eigenvalue weighted by molar-refractivity contribution is 5.97. The number of aromatic nitrogens is 4. The molecule has 2 fully saturated rings. The average Bonchev–Trinajstić information content (AvgIpc) is 3.33. The number of piperidine rings is 1. The van der Waals surface area contributed by atoms with E-state index in [1.165, 1.54) is 12.4 Å². The van der Waals surface area contributed by atoms with Gasteiger partial charge in [0.15, 0.2) is 17.2 Å². The second kappa shape index (κ2) is 6.64. The van der Waals surface area contributed by atoms with Crippen molar-refractivity contribution in [3.8, 4) is 11.6 Å². The maximum Gasteiger partial charge on any atom is 0.278 e. The first-order valence-electron chi connectivity index (χ1n) is 8.35. The standard InChI is InChI=1S/C16H19N5O3/c22-16(21-7-2-1-3-8-21)13-12(17-5-6-18-13)15-19-14(20-24-15)11-4-9-23-10-11/h5-6,11H,1-4,7-10H2/t11-/m1/s1. The summed E-state index contributed by atoms with van der Waals surface area (Å²) in [6.45, 7) is 2.81. The van der Waals surface area contributed by atoms with Crippen molar-refractivity contribution in [2.75, 3.05) is 26.3 Å². The number of amides is 1. The van der Waals surface area contributed by atoms with Gasteiger partial charge in [-0.3, -0.25) is 4.79 Å². The van der Waals surface area contributed by atoms with Gasteiger partial charge in [-0.1, -0.05) is 5.16 Å². The predicted molar refractivity (Wildman–Crippen MR) is 83.3 cm³/mol. The largest absolute Gasteiger partial charge is 0.381 e. The van der Waals surface area contributed by atoms with E-state index in [1.54, 1.807) is 0 Å². The highest BCUT2D eigenvalue weighted by Gasteiger charge is 2.28. The van der Waals surface area contributed by atoms with Crippen LogP contribution in [0.3, 0.4) is 0 Å². The summed E-state index contributed by atoms with van der Waals surface area (Å²) >= 11 is 0. The Kier molecular flexibility index (Phi) is 4.20. The maximum absolute atomic E-state index is 12.8. The fraction of sp³-hybridized carbons (Fsp3) is 0.562. The minimum Gasteiger partial charge on any atom is -0.381 e. The van der Waals surface area contributed by atoms with Crippen LogP contribution in [0.4, 0.5) is 0 Å². The highest BCUT2D eigenvalue weighted by Crippen LogP contribution is 2.26. The molecule has 1 amide bonds. The second-order valence-corrected chi connectivity index (χ2v) is 6.12. The predicted octanol–water partition coefficient (Wildman–Crippen LogP) is 1.66. The Morgan fingerprint density at radius 1 is 1.17 bits per heavy atom. The Hall–Kier alpha value is -2.35. The van der Waals surface area contributed by atoms with Gasteiger partial charge in [-0.05, 0) is 25.7 Å². The summed E-state index contributed by atoms with van der Waals surface area (Å²) in [7, 11) is 0. The molecule has 0 aliphatic carbocycles. The van der Waals surface area contributed by atoms with Gasteiger partial charge >= 0.3 is 0 Å². The van der Waals surface area contributed by atoms with Gasteiger partial charge in [-0.2, -0.15) is 4.98 Å². The van der Waals surface area contributed by atoms with E-state index < -0.39 is 0 Å². The molecule has 126 valence electrons. The van der Waals surface area contributed by atoms with Crippen LogP contribution in [0.15, 0.2) is 16.9 Å². The van der Waals surface area contributed by atoms with E-state index >= 15 is 0 Å². The van der Waals surface area contributed by atoms with E-state index in [0.717, 1.165) is 38.8 Å². The molecule has 4 heterocycles. The highest BCUT2D eigenvalue weighted by atomic mass is 16.5. The van der Waals surface area contributed by atoms with Crippen molar-refractivity contribution >= 4 is 5.91 Å². The van der Waals surface area contributed by atoms with Gasteiger partial charge in [-0.15, -0.1) is 0 Å². The van der Waals surface area contributed by atoms with Crippen LogP contribution >= 0.6 is 0 Å². The van der Waals surface area contributed by atoms with Crippen LogP contribution in [-0.2, 0) is 4.74 Å². The first-order valence-corrected chi connectivity index (χ1v) is 8.35. The number of carbonyl (C=O) groups excluding carboxylic acids is 1. The molecule has 24 heavy (non-hydrogen) atoms. The van der Waals surface area contributed by atoms with Gasteiger partial charge in [0, 0.05) is 38.0 Å². The van der Waals surface area contributed by atoms with Gasteiger partial charge in [-0.25, -0.2) is 9.97 Å². The van der Waals surface area contributed by atoms with Gasteiger partial charge in [0.05, 0.1) is 6.61 Å². The number of ether oxygens (including phenoxy) is 1. The monoisotopic (exact) mass is 329 g/mol. The molecule has 1 atom stereocenters. The molecular weight excluding hydrogens is 310 g/mol. The zero-order valence-corrected chi connectivity index (χ0v) is 13.3. The maximum atomic E-state index is 12.8. The molecule has 0 radical (unpaired) electrons. The number of hydrogen-bond acceptors (Lipinski definition) is 7. The topological polar surface area (TPSA) is 94.2 Å². The lowest BCUT2D eigenvalue weighted by atomic mass is 10.1. The van der Waals surface area contributed by atoms with Crippen molar-refractivity contribution in [2.24, 2.45) is 0 Å². The Labute approximate surface area is 139 Å². The summed E-state index contributed by atoms with van der Waals surface area (Å²) in [5.41, 5.74) is 0.628. The number of nitrogens with zero attached hydrogens (tertiary/aromatic N) is 5. The summed E-state index contributed by atoms with van der Waals surface area (Å²) in [5.74, 6) is 0.858. The number of hydrogen-bond donors (Lipinski definition) is 0. The first-order chi connectivity index (χ1) is 11.8. The summed E-state index contributed by atoms with van der Waals surface area (Å²) < 4.78 is 10.7. The minimum absolute atomic E-state index is 0.123. The van der Waals surface area contributed by atoms with Crippen LogP contribution in [0.2, 0.25) is 0 Å². The fourth-order valence-electron chi connectivity index (χ4n) is 3.13. The zero-order valence-electron chi connectivity index (χ0n) is 13.3. The third kappa shape index (κ3) is 2.89. The van der Waals surface area contributed by atoms with E-state index in [-0.39, 0.29) is 23.4 Å². The summed E-state index contributed by atoms with van der Waals surface area (Å²) in [4.78, 5) is 27.5. The Balaban J connectivity index is 1.62. The zero-order chi connectivity index (χ0) is 16.4. The molecule has 0 N–H and O–H groups in total. The summed E-state index contributed by atoms with van der Waals surface area (Å²) in [6, 6.07) is 0. The molecule has 2 aromatic heterocycles. The lowest BCUT2D eigenvalue weighted by molar-refractivity contribution is 0.0718. The Morgan fingerprint density at radius 3 is 2.79 bits per heavy atom. The van der Waals surface area contributed by atoms with Crippen molar-refractivity contribution in [1.82, 2.24) is 25.0 Å². The Bertz CT molecular complexity index is 720. The van der Waals surface area contributed by atoms with Crippen LogP contribution in [-0.4, -0.2) is 57.2 Å². The van der Waals surface area contributed by atoms with Crippen molar-refractivity contribution in [3.05, 3.63) is 23.9 Å². The van der Waals surface area contributed by atoms with Gasteiger partial charge < -0.3 is 14.2 Å². The molecule has 0 spiro atoms. The molecule has 0 unspecified atom stereocenters. The molecule has 4 rings (SSSR count). The van der Waals surface area contributed by atoms with Crippen molar-refractivity contribution < 1.29 is 14.1 Å². The molecule has 2 aliphatic heterocycles. The third-order valence-corrected chi connectivity index (χ3v) is 4.48. The first kappa shape index (κ1) is 15.2. The molecular formula is C16H19N5O3. The van der Waals surface area contributed by atoms with E-state index in [9.17, 15) is 4.79 Å². The summed E-state index contributed by atoms with van der Waals surface area (Å²) in [5, 5.41) is 4.03. The normalized spacial score (nSPS) is 21.2. The van der Waals surface area contributed by atoms with Crippen molar-refractivity contribution in [3.63, 3.8) is 0 Å². The van der Waals surface area contributed by atoms with Gasteiger partial charge in [0.1, 0.15) is 0 Å². The van der Waals surface area contributed by atoms with Gasteiger partial charge in [0.2, 0.25) is 0 Å². The van der Waals surface area contributed by atoms with Crippen LogP contribution in [0, 0.1) is 0 Å². The van der Waals surface area contributed by atoms with Crippen LogP contribution < -0.4 is 0 Å². The van der Waals surface area contributed by atoms with E-state index in [0.29, 0.717) is 24.7 Å². The summed E-state index contributed by atoms with van der Waals surface area (Å²) in [6.07, 6.45) is 7.13. The SMILES string of the molecule is O=C(c1nccnc1-c1nc([C@@H]2CCOC2)no1)N1CCCCC1. The van der Waals surface area contributed by atoms with E-state index in [1.807, 2.05) is 4.90 Å². The lowest BCUT2D eigenvalue weighted by Crippen LogP contribution is -2.36. The molecule has 0 bridgehead atoms. The molecule has 2 aliphatic rings. The van der Waals surface area contributed by atoms with Crippen molar-refractivity contribution in [2.45, 2.75) is 31.6 Å². The van der Waals surface area contributed by atoms with E-state index in [4.69, 9.17) is 9.26 Å². The van der Waals surface area contributed by atoms with Crippen molar-refractivity contribution in [1.29, 1.82) is 0 Å². The number of carbonyl (C=O) groups is 1. The quantitative estimate of drug-likeness (QED) is 0.845.